The van der Waals surface area contributed by atoms with Crippen molar-refractivity contribution in [1.29, 1.82) is 0 Å². The molecule has 8 aromatic rings. The first kappa shape index (κ1) is 35.5. The molecule has 1 aliphatic heterocycles. The van der Waals surface area contributed by atoms with Gasteiger partial charge in [0.1, 0.15) is 0 Å². The van der Waals surface area contributed by atoms with Crippen molar-refractivity contribution in [3.63, 3.8) is 0 Å². The number of nitrogens with zero attached hydrogens (tertiary/aromatic N) is 1. The Kier molecular flexibility index (Phi) is 10.3. The highest BCUT2D eigenvalue weighted by Crippen LogP contribution is 2.39. The van der Waals surface area contributed by atoms with E-state index < -0.39 is 0 Å². The Morgan fingerprint density at radius 2 is 1.27 bits per heavy atom. The number of fused-ring (bicyclic) bond motifs is 3. The van der Waals surface area contributed by atoms with E-state index in [1.807, 2.05) is 30.0 Å². The summed E-state index contributed by atoms with van der Waals surface area (Å²) in [5.74, 6) is 2.47. The van der Waals surface area contributed by atoms with Gasteiger partial charge in [-0.05, 0) is 81.9 Å². The molecule has 2 aromatic heterocycles. The predicted octanol–water partition coefficient (Wildman–Crippen LogP) is 10.3. The summed E-state index contributed by atoms with van der Waals surface area (Å²) in [5, 5.41) is 5.52. The van der Waals surface area contributed by atoms with E-state index in [1.165, 1.54) is 37.9 Å². The highest BCUT2D eigenvalue weighted by molar-refractivity contribution is 7.99. The van der Waals surface area contributed by atoms with E-state index in [9.17, 15) is 4.79 Å². The van der Waals surface area contributed by atoms with Crippen LogP contribution in [0.15, 0.2) is 163 Å². The molecule has 3 N–H and O–H groups in total. The Labute approximate surface area is 330 Å². The standard InChI is InChI=1S/C48H42N4O3S/c53-48(37-21-19-36(20-22-37)47(41-28-49-43-12-6-4-10-39(41)43)42-29-50-44-13-7-5-11-40(42)44)51-27-33-14-16-34(17-15-33)30-52(24-25-56-38-8-2-1-3-9-38)31-35-18-23-45-46(26-35)55-32-54-45/h1-23,26,28-29,47,49-50H,24-25,27,30-32H2,(H,51,53). The summed E-state index contributed by atoms with van der Waals surface area (Å²) in [7, 11) is 0. The molecule has 0 atom stereocenters. The maximum atomic E-state index is 13.4. The summed E-state index contributed by atoms with van der Waals surface area (Å²) in [6, 6.07) is 50.2. The molecule has 0 bridgehead atoms. The molecular weight excluding hydrogens is 713 g/mol. The monoisotopic (exact) mass is 754 g/mol. The van der Waals surface area contributed by atoms with Crippen LogP contribution in [0.3, 0.4) is 0 Å². The number of rotatable bonds is 14. The molecule has 0 fully saturated rings. The van der Waals surface area contributed by atoms with Crippen molar-refractivity contribution in [2.24, 2.45) is 0 Å². The second-order valence-electron chi connectivity index (χ2n) is 14.2. The van der Waals surface area contributed by atoms with Crippen molar-refractivity contribution in [2.75, 3.05) is 19.1 Å². The van der Waals surface area contributed by atoms with Crippen LogP contribution in [0.5, 0.6) is 11.5 Å². The van der Waals surface area contributed by atoms with E-state index in [0.717, 1.165) is 59.0 Å². The fraction of sp³-hybridized carbons (Fsp3) is 0.146. The zero-order chi connectivity index (χ0) is 37.7. The number of aromatic amines is 2. The Morgan fingerprint density at radius 3 is 1.98 bits per heavy atom. The quantitative estimate of drug-likeness (QED) is 0.0964. The van der Waals surface area contributed by atoms with Crippen molar-refractivity contribution < 1.29 is 14.3 Å². The first-order valence-corrected chi connectivity index (χ1v) is 20.0. The lowest BCUT2D eigenvalue weighted by atomic mass is 9.84. The molecule has 6 aromatic carbocycles. The van der Waals surface area contributed by atoms with Crippen LogP contribution in [-0.2, 0) is 19.6 Å². The van der Waals surface area contributed by atoms with Crippen molar-refractivity contribution in [1.82, 2.24) is 20.2 Å². The van der Waals surface area contributed by atoms with Crippen LogP contribution in [0.2, 0.25) is 0 Å². The molecule has 3 heterocycles. The highest BCUT2D eigenvalue weighted by atomic mass is 32.2. The maximum absolute atomic E-state index is 13.4. The SMILES string of the molecule is O=C(NCc1ccc(CN(CCSc2ccccc2)Cc2ccc3c(c2)OCO3)cc1)c1ccc(C(c2c[nH]c3ccccc23)c2c[nH]c3ccccc23)cc1. The van der Waals surface area contributed by atoms with E-state index in [-0.39, 0.29) is 18.6 Å². The van der Waals surface area contributed by atoms with Gasteiger partial charge in [-0.1, -0.05) is 97.1 Å². The van der Waals surface area contributed by atoms with E-state index in [1.54, 1.807) is 0 Å². The van der Waals surface area contributed by atoms with Gasteiger partial charge < -0.3 is 24.8 Å². The minimum Gasteiger partial charge on any atom is -0.454 e. The van der Waals surface area contributed by atoms with Gasteiger partial charge in [-0.3, -0.25) is 9.69 Å². The summed E-state index contributed by atoms with van der Waals surface area (Å²) >= 11 is 1.87. The molecule has 0 spiro atoms. The number of thioether (sulfide) groups is 1. The van der Waals surface area contributed by atoms with Crippen LogP contribution in [0.25, 0.3) is 21.8 Å². The van der Waals surface area contributed by atoms with Gasteiger partial charge in [0.15, 0.2) is 11.5 Å². The van der Waals surface area contributed by atoms with Crippen molar-refractivity contribution in [2.45, 2.75) is 30.4 Å². The number of carbonyl (C=O) groups is 1. The van der Waals surface area contributed by atoms with E-state index in [4.69, 9.17) is 9.47 Å². The lowest BCUT2D eigenvalue weighted by molar-refractivity contribution is 0.0951. The van der Waals surface area contributed by atoms with E-state index >= 15 is 0 Å². The van der Waals surface area contributed by atoms with E-state index in [0.29, 0.717) is 12.1 Å². The lowest BCUT2D eigenvalue weighted by Gasteiger charge is -2.23. The second kappa shape index (κ2) is 16.3. The van der Waals surface area contributed by atoms with Crippen LogP contribution in [0, 0.1) is 0 Å². The van der Waals surface area contributed by atoms with Gasteiger partial charge in [0.25, 0.3) is 5.91 Å². The van der Waals surface area contributed by atoms with Gasteiger partial charge >= 0.3 is 0 Å². The van der Waals surface area contributed by atoms with Gasteiger partial charge in [0, 0.05) is 82.5 Å². The van der Waals surface area contributed by atoms with Crippen molar-refractivity contribution in [3.05, 3.63) is 197 Å². The van der Waals surface area contributed by atoms with Gasteiger partial charge in [0.2, 0.25) is 6.79 Å². The Morgan fingerprint density at radius 1 is 0.661 bits per heavy atom. The van der Waals surface area contributed by atoms with Gasteiger partial charge in [-0.15, -0.1) is 11.8 Å². The van der Waals surface area contributed by atoms with Crippen molar-refractivity contribution >= 4 is 39.5 Å². The third-order valence-electron chi connectivity index (χ3n) is 10.5. The summed E-state index contributed by atoms with van der Waals surface area (Å²) < 4.78 is 11.2. The maximum Gasteiger partial charge on any atom is 0.251 e. The average Bonchev–Trinajstić information content (AvgIpc) is 4.01. The predicted molar refractivity (Wildman–Crippen MR) is 225 cm³/mol. The average molecular weight is 755 g/mol. The normalized spacial score (nSPS) is 12.2. The molecule has 1 aliphatic rings. The van der Waals surface area contributed by atoms with Crippen molar-refractivity contribution in [3.8, 4) is 11.5 Å². The number of para-hydroxylation sites is 2. The molecule has 8 heteroatoms. The fourth-order valence-electron chi connectivity index (χ4n) is 7.65. The summed E-state index contributed by atoms with van der Waals surface area (Å²) in [6.07, 6.45) is 4.23. The largest absolute Gasteiger partial charge is 0.454 e. The van der Waals surface area contributed by atoms with E-state index in [2.05, 4.69) is 160 Å². The van der Waals surface area contributed by atoms with Crippen LogP contribution < -0.4 is 14.8 Å². The fourth-order valence-corrected chi connectivity index (χ4v) is 8.58. The molecule has 278 valence electrons. The third-order valence-corrected chi connectivity index (χ3v) is 11.5. The smallest absolute Gasteiger partial charge is 0.251 e. The van der Waals surface area contributed by atoms with Crippen LogP contribution >= 0.6 is 11.8 Å². The van der Waals surface area contributed by atoms with Crippen LogP contribution in [0.4, 0.5) is 0 Å². The number of aromatic nitrogens is 2. The molecule has 0 saturated carbocycles. The zero-order valence-corrected chi connectivity index (χ0v) is 31.7. The summed E-state index contributed by atoms with van der Waals surface area (Å²) in [6.45, 7) is 3.25. The number of benzene rings is 6. The number of amides is 1. The van der Waals surface area contributed by atoms with Crippen LogP contribution in [0.1, 0.15) is 49.7 Å². The Balaban J connectivity index is 0.862. The molecular formula is C48H42N4O3S. The summed E-state index contributed by atoms with van der Waals surface area (Å²) in [4.78, 5) is 24.1. The molecule has 0 aliphatic carbocycles. The first-order valence-electron chi connectivity index (χ1n) is 19.0. The molecule has 0 unspecified atom stereocenters. The number of hydrogen-bond donors (Lipinski definition) is 3. The highest BCUT2D eigenvalue weighted by Gasteiger charge is 2.24. The Bertz CT molecular complexity index is 2510. The zero-order valence-electron chi connectivity index (χ0n) is 30.9. The molecule has 0 saturated heterocycles. The van der Waals surface area contributed by atoms with Gasteiger partial charge in [-0.2, -0.15) is 0 Å². The van der Waals surface area contributed by atoms with Gasteiger partial charge in [-0.25, -0.2) is 0 Å². The molecule has 56 heavy (non-hydrogen) atoms. The summed E-state index contributed by atoms with van der Waals surface area (Å²) in [5.41, 5.74) is 9.84. The second-order valence-corrected chi connectivity index (χ2v) is 15.4. The molecule has 1 amide bonds. The number of carbonyl (C=O) groups excluding carboxylic acids is 1. The lowest BCUT2D eigenvalue weighted by Crippen LogP contribution is -2.25. The Hall–Kier alpha value is -6.22. The minimum absolute atomic E-state index is 0.0199. The molecule has 9 rings (SSSR count). The molecule has 0 radical (unpaired) electrons. The minimum atomic E-state index is -0.0952. The number of nitrogens with one attached hydrogen (secondary N) is 3. The number of H-pyrrole nitrogens is 2. The number of ether oxygens (including phenoxy) is 2. The topological polar surface area (TPSA) is 82.4 Å². The first-order chi connectivity index (χ1) is 27.6. The number of hydrogen-bond acceptors (Lipinski definition) is 5. The van der Waals surface area contributed by atoms with Gasteiger partial charge in [0.05, 0.1) is 0 Å². The molecule has 7 nitrogen and oxygen atoms in total. The van der Waals surface area contributed by atoms with Crippen LogP contribution in [-0.4, -0.2) is 39.9 Å². The third kappa shape index (κ3) is 7.80.